The maximum absolute atomic E-state index is 12.6. The van der Waals surface area contributed by atoms with Gasteiger partial charge in [-0.3, -0.25) is 14.5 Å². The van der Waals surface area contributed by atoms with Gasteiger partial charge in [0.25, 0.3) is 5.91 Å². The highest BCUT2D eigenvalue weighted by molar-refractivity contribution is 6.07. The standard InChI is InChI=1S/C20H27N3O3/c1-14(2)15-7-5-8-16(13-15)21-17(24)9-6-12-23-18(25)20(22-19(23)26)10-3-4-11-20/h5,7-8,13-14H,3-4,6,9-12H2,1-2H3,(H,21,24)(H,22,26). The molecule has 0 radical (unpaired) electrons. The predicted octanol–water partition coefficient (Wildman–Crippen LogP) is 3.39. The fourth-order valence-corrected chi connectivity index (χ4v) is 3.79. The number of rotatable bonds is 6. The first-order valence-electron chi connectivity index (χ1n) is 9.45. The van der Waals surface area contributed by atoms with E-state index in [2.05, 4.69) is 24.5 Å². The minimum atomic E-state index is -0.670. The molecule has 1 aliphatic heterocycles. The van der Waals surface area contributed by atoms with Crippen LogP contribution in [0.3, 0.4) is 0 Å². The number of carbonyl (C=O) groups excluding carboxylic acids is 3. The normalized spacial score (nSPS) is 18.7. The van der Waals surface area contributed by atoms with E-state index in [0.29, 0.717) is 12.3 Å². The molecule has 2 aliphatic rings. The van der Waals surface area contributed by atoms with Gasteiger partial charge in [-0.25, -0.2) is 4.79 Å². The Bertz CT molecular complexity index is 708. The van der Waals surface area contributed by atoms with E-state index in [1.54, 1.807) is 0 Å². The van der Waals surface area contributed by atoms with Crippen LogP contribution in [0, 0.1) is 0 Å². The predicted molar refractivity (Wildman–Crippen MR) is 99.8 cm³/mol. The van der Waals surface area contributed by atoms with Crippen LogP contribution in [0.15, 0.2) is 24.3 Å². The van der Waals surface area contributed by atoms with Crippen molar-refractivity contribution < 1.29 is 14.4 Å². The molecular weight excluding hydrogens is 330 g/mol. The van der Waals surface area contributed by atoms with E-state index in [1.165, 1.54) is 10.5 Å². The molecule has 1 aromatic rings. The van der Waals surface area contributed by atoms with Crippen LogP contribution in [0.25, 0.3) is 0 Å². The number of carbonyl (C=O) groups is 3. The van der Waals surface area contributed by atoms with Gasteiger partial charge in [0.2, 0.25) is 5.91 Å². The minimum absolute atomic E-state index is 0.103. The molecule has 1 aliphatic carbocycles. The highest BCUT2D eigenvalue weighted by Gasteiger charge is 2.51. The van der Waals surface area contributed by atoms with Gasteiger partial charge in [0, 0.05) is 18.7 Å². The van der Waals surface area contributed by atoms with E-state index in [4.69, 9.17) is 0 Å². The van der Waals surface area contributed by atoms with Crippen LogP contribution in [0.5, 0.6) is 0 Å². The Hall–Kier alpha value is -2.37. The largest absolute Gasteiger partial charge is 0.326 e. The number of nitrogens with zero attached hydrogens (tertiary/aromatic N) is 1. The lowest BCUT2D eigenvalue weighted by molar-refractivity contribution is -0.131. The van der Waals surface area contributed by atoms with Crippen molar-refractivity contribution in [2.45, 2.75) is 63.8 Å². The van der Waals surface area contributed by atoms with Crippen LogP contribution in [0.4, 0.5) is 10.5 Å². The van der Waals surface area contributed by atoms with Gasteiger partial charge >= 0.3 is 6.03 Å². The number of imide groups is 1. The average Bonchev–Trinajstić information content (AvgIpc) is 3.15. The second-order valence-electron chi connectivity index (χ2n) is 7.61. The zero-order chi connectivity index (χ0) is 18.7. The van der Waals surface area contributed by atoms with Crippen LogP contribution in [-0.2, 0) is 9.59 Å². The summed E-state index contributed by atoms with van der Waals surface area (Å²) in [6.45, 7) is 4.50. The first-order valence-corrected chi connectivity index (χ1v) is 9.45. The second-order valence-corrected chi connectivity index (χ2v) is 7.61. The summed E-state index contributed by atoms with van der Waals surface area (Å²) in [6.07, 6.45) is 4.12. The molecule has 0 atom stereocenters. The molecule has 4 amide bonds. The number of amides is 4. The van der Waals surface area contributed by atoms with Gasteiger partial charge in [0.1, 0.15) is 5.54 Å². The number of urea groups is 1. The van der Waals surface area contributed by atoms with Crippen molar-refractivity contribution in [2.75, 3.05) is 11.9 Å². The maximum atomic E-state index is 12.6. The molecule has 3 rings (SSSR count). The minimum Gasteiger partial charge on any atom is -0.326 e. The van der Waals surface area contributed by atoms with Gasteiger partial charge < -0.3 is 10.6 Å². The summed E-state index contributed by atoms with van der Waals surface area (Å²) in [7, 11) is 0. The van der Waals surface area contributed by atoms with Gasteiger partial charge in [-0.1, -0.05) is 38.8 Å². The Morgan fingerprint density at radius 2 is 2.00 bits per heavy atom. The molecule has 140 valence electrons. The number of nitrogens with one attached hydrogen (secondary N) is 2. The summed E-state index contributed by atoms with van der Waals surface area (Å²) in [5, 5.41) is 5.75. The van der Waals surface area contributed by atoms with Crippen molar-refractivity contribution in [3.8, 4) is 0 Å². The summed E-state index contributed by atoms with van der Waals surface area (Å²) in [4.78, 5) is 38.1. The molecular formula is C20H27N3O3. The molecule has 0 aromatic heterocycles. The van der Waals surface area contributed by atoms with E-state index < -0.39 is 5.54 Å². The lowest BCUT2D eigenvalue weighted by Crippen LogP contribution is -2.44. The second kappa shape index (κ2) is 7.48. The third-order valence-electron chi connectivity index (χ3n) is 5.33. The van der Waals surface area contributed by atoms with Crippen LogP contribution in [0.1, 0.15) is 63.9 Å². The maximum Gasteiger partial charge on any atom is 0.325 e. The molecule has 0 bridgehead atoms. The lowest BCUT2D eigenvalue weighted by Gasteiger charge is -2.19. The topological polar surface area (TPSA) is 78.5 Å². The number of benzene rings is 1. The Morgan fingerprint density at radius 3 is 2.69 bits per heavy atom. The molecule has 1 heterocycles. The molecule has 1 saturated carbocycles. The van der Waals surface area contributed by atoms with Crippen molar-refractivity contribution in [1.82, 2.24) is 10.2 Å². The van der Waals surface area contributed by atoms with Gasteiger partial charge in [0.15, 0.2) is 0 Å². The van der Waals surface area contributed by atoms with Crippen molar-refractivity contribution in [3.63, 3.8) is 0 Å². The molecule has 1 aromatic carbocycles. The zero-order valence-corrected chi connectivity index (χ0v) is 15.5. The van der Waals surface area contributed by atoms with E-state index in [9.17, 15) is 14.4 Å². The molecule has 2 fully saturated rings. The van der Waals surface area contributed by atoms with E-state index in [-0.39, 0.29) is 30.8 Å². The zero-order valence-electron chi connectivity index (χ0n) is 15.5. The molecule has 2 N–H and O–H groups in total. The lowest BCUT2D eigenvalue weighted by atomic mass is 9.98. The van der Waals surface area contributed by atoms with E-state index >= 15 is 0 Å². The van der Waals surface area contributed by atoms with Crippen LogP contribution < -0.4 is 10.6 Å². The fraction of sp³-hybridized carbons (Fsp3) is 0.550. The smallest absolute Gasteiger partial charge is 0.325 e. The summed E-state index contributed by atoms with van der Waals surface area (Å²) >= 11 is 0. The van der Waals surface area contributed by atoms with Crippen molar-refractivity contribution in [3.05, 3.63) is 29.8 Å². The Kier molecular flexibility index (Phi) is 5.30. The number of anilines is 1. The third-order valence-corrected chi connectivity index (χ3v) is 5.33. The van der Waals surface area contributed by atoms with E-state index in [0.717, 1.165) is 31.4 Å². The Balaban J connectivity index is 1.49. The first kappa shape index (κ1) is 18.4. The highest BCUT2D eigenvalue weighted by Crippen LogP contribution is 2.35. The fourth-order valence-electron chi connectivity index (χ4n) is 3.79. The summed E-state index contributed by atoms with van der Waals surface area (Å²) in [6, 6.07) is 7.49. The third kappa shape index (κ3) is 3.74. The molecule has 1 spiro atoms. The van der Waals surface area contributed by atoms with Crippen molar-refractivity contribution in [1.29, 1.82) is 0 Å². The van der Waals surface area contributed by atoms with E-state index in [1.807, 2.05) is 24.3 Å². The number of hydrogen-bond acceptors (Lipinski definition) is 3. The van der Waals surface area contributed by atoms with Gasteiger partial charge in [-0.2, -0.15) is 0 Å². The average molecular weight is 357 g/mol. The van der Waals surface area contributed by atoms with Crippen LogP contribution in [0.2, 0.25) is 0 Å². The molecule has 6 heteroatoms. The SMILES string of the molecule is CC(C)c1cccc(NC(=O)CCCN2C(=O)NC3(CCCC3)C2=O)c1. The molecule has 26 heavy (non-hydrogen) atoms. The quantitative estimate of drug-likeness (QED) is 0.766. The first-order chi connectivity index (χ1) is 12.4. The number of hydrogen-bond donors (Lipinski definition) is 2. The molecule has 6 nitrogen and oxygen atoms in total. The Labute approximate surface area is 154 Å². The summed E-state index contributed by atoms with van der Waals surface area (Å²) in [5.41, 5.74) is 1.28. The highest BCUT2D eigenvalue weighted by atomic mass is 16.2. The summed E-state index contributed by atoms with van der Waals surface area (Å²) in [5.74, 6) is 0.174. The monoisotopic (exact) mass is 357 g/mol. The van der Waals surface area contributed by atoms with Gasteiger partial charge in [-0.15, -0.1) is 0 Å². The van der Waals surface area contributed by atoms with Gasteiger partial charge in [-0.05, 0) is 42.9 Å². The van der Waals surface area contributed by atoms with Gasteiger partial charge in [0.05, 0.1) is 0 Å². The molecule has 0 unspecified atom stereocenters. The molecule has 1 saturated heterocycles. The van der Waals surface area contributed by atoms with Crippen LogP contribution >= 0.6 is 0 Å². The van der Waals surface area contributed by atoms with Crippen LogP contribution in [-0.4, -0.2) is 34.8 Å². The Morgan fingerprint density at radius 1 is 1.27 bits per heavy atom. The summed E-state index contributed by atoms with van der Waals surface area (Å²) < 4.78 is 0. The van der Waals surface area contributed by atoms with Crippen molar-refractivity contribution >= 4 is 23.5 Å². The van der Waals surface area contributed by atoms with Crippen molar-refractivity contribution in [2.24, 2.45) is 0 Å².